The van der Waals surface area contributed by atoms with Crippen molar-refractivity contribution in [2.45, 2.75) is 13.8 Å². The summed E-state index contributed by atoms with van der Waals surface area (Å²) < 4.78 is 18.8. The quantitative estimate of drug-likeness (QED) is 0.849. The number of aryl methyl sites for hydroxylation is 1. The Labute approximate surface area is 138 Å². The minimum Gasteiger partial charge on any atom is -0.478 e. The van der Waals surface area contributed by atoms with Crippen molar-refractivity contribution in [3.8, 4) is 0 Å². The van der Waals surface area contributed by atoms with Gasteiger partial charge in [-0.25, -0.2) is 14.0 Å². The summed E-state index contributed by atoms with van der Waals surface area (Å²) in [6.45, 7) is 3.47. The number of carbonyl (C=O) groups excluding carboxylic acids is 1. The molecule has 24 heavy (non-hydrogen) atoms. The molecule has 124 valence electrons. The van der Waals surface area contributed by atoms with Crippen molar-refractivity contribution in [1.82, 2.24) is 4.98 Å². The molecular weight excluding hydrogens is 313 g/mol. The number of hydrogen-bond acceptors (Lipinski definition) is 4. The maximum Gasteiger partial charge on any atom is 0.339 e. The lowest BCUT2D eigenvalue weighted by Crippen LogP contribution is -2.09. The summed E-state index contributed by atoms with van der Waals surface area (Å²) in [7, 11) is 0. The Morgan fingerprint density at radius 2 is 2.08 bits per heavy atom. The molecule has 0 saturated carbocycles. The van der Waals surface area contributed by atoms with Crippen LogP contribution in [-0.4, -0.2) is 28.6 Å². The fourth-order valence-electron chi connectivity index (χ4n) is 2.07. The second-order valence-corrected chi connectivity index (χ2v) is 4.99. The highest BCUT2D eigenvalue weighted by atomic mass is 19.1. The lowest BCUT2D eigenvalue weighted by atomic mass is 10.1. The number of aromatic nitrogens is 1. The average Bonchev–Trinajstić information content (AvgIpc) is 2.56. The zero-order chi connectivity index (χ0) is 17.7. The molecule has 0 atom stereocenters. The highest BCUT2D eigenvalue weighted by molar-refractivity contribution is 5.97. The smallest absolute Gasteiger partial charge is 0.339 e. The van der Waals surface area contributed by atoms with Crippen molar-refractivity contribution >= 4 is 24.1 Å². The van der Waals surface area contributed by atoms with Crippen LogP contribution in [0.2, 0.25) is 0 Å². The maximum atomic E-state index is 14.0. The molecule has 1 aromatic carbocycles. The number of carboxylic acids is 1. The van der Waals surface area contributed by atoms with Gasteiger partial charge < -0.3 is 9.84 Å². The van der Waals surface area contributed by atoms with Crippen LogP contribution in [0.5, 0.6) is 0 Å². The van der Waals surface area contributed by atoms with E-state index in [1.807, 2.05) is 0 Å². The Hall–Kier alpha value is -3.02. The monoisotopic (exact) mass is 329 g/mol. The Kier molecular flexibility index (Phi) is 5.42. The largest absolute Gasteiger partial charge is 0.478 e. The first-order valence-corrected chi connectivity index (χ1v) is 7.27. The first-order chi connectivity index (χ1) is 11.4. The van der Waals surface area contributed by atoms with Crippen LogP contribution < -0.4 is 0 Å². The van der Waals surface area contributed by atoms with E-state index in [-0.39, 0.29) is 29.2 Å². The van der Waals surface area contributed by atoms with E-state index >= 15 is 0 Å². The number of nitrogens with zero attached hydrogens (tertiary/aromatic N) is 1. The molecule has 0 aliphatic heterocycles. The van der Waals surface area contributed by atoms with Gasteiger partial charge in [-0.3, -0.25) is 4.98 Å². The number of rotatable bonds is 5. The molecule has 0 fully saturated rings. The van der Waals surface area contributed by atoms with Gasteiger partial charge in [-0.1, -0.05) is 18.2 Å². The predicted octanol–water partition coefficient (Wildman–Crippen LogP) is 3.57. The molecule has 2 rings (SSSR count). The van der Waals surface area contributed by atoms with Crippen LogP contribution in [0.15, 0.2) is 30.5 Å². The van der Waals surface area contributed by atoms with Gasteiger partial charge in [0.1, 0.15) is 5.82 Å². The summed E-state index contributed by atoms with van der Waals surface area (Å²) in [5.74, 6) is -2.26. The lowest BCUT2D eigenvalue weighted by molar-refractivity contribution is 0.0526. The number of benzene rings is 1. The molecule has 1 aromatic heterocycles. The summed E-state index contributed by atoms with van der Waals surface area (Å²) in [4.78, 5) is 27.0. The molecule has 0 saturated heterocycles. The number of aromatic carboxylic acids is 1. The molecule has 1 N–H and O–H groups in total. The van der Waals surface area contributed by atoms with Gasteiger partial charge in [0.05, 0.1) is 23.4 Å². The van der Waals surface area contributed by atoms with E-state index in [2.05, 4.69) is 4.98 Å². The molecule has 5 nitrogen and oxygen atoms in total. The maximum absolute atomic E-state index is 14.0. The highest BCUT2D eigenvalue weighted by Gasteiger charge is 2.15. The number of esters is 1. The van der Waals surface area contributed by atoms with Crippen molar-refractivity contribution in [1.29, 1.82) is 0 Å². The molecule has 1 heterocycles. The number of carbonyl (C=O) groups is 2. The number of pyridine rings is 1. The van der Waals surface area contributed by atoms with Crippen LogP contribution in [-0.2, 0) is 4.74 Å². The van der Waals surface area contributed by atoms with Gasteiger partial charge in [0.2, 0.25) is 0 Å². The van der Waals surface area contributed by atoms with Gasteiger partial charge >= 0.3 is 11.9 Å². The second kappa shape index (κ2) is 7.50. The van der Waals surface area contributed by atoms with Gasteiger partial charge in [-0.05, 0) is 37.6 Å². The van der Waals surface area contributed by atoms with Gasteiger partial charge in [-0.2, -0.15) is 0 Å². The minimum atomic E-state index is -1.24. The van der Waals surface area contributed by atoms with Crippen molar-refractivity contribution in [2.75, 3.05) is 6.61 Å². The molecule has 0 bridgehead atoms. The zero-order valence-corrected chi connectivity index (χ0v) is 13.2. The molecular formula is C18H16FNO4. The number of carboxylic acid groups (broad SMARTS) is 1. The van der Waals surface area contributed by atoms with Crippen molar-refractivity contribution in [3.05, 3.63) is 64.2 Å². The van der Waals surface area contributed by atoms with Gasteiger partial charge in [0.15, 0.2) is 0 Å². The third-order valence-corrected chi connectivity index (χ3v) is 3.30. The molecule has 0 unspecified atom stereocenters. The first-order valence-electron chi connectivity index (χ1n) is 7.27. The van der Waals surface area contributed by atoms with Crippen molar-refractivity contribution in [3.63, 3.8) is 0 Å². The third kappa shape index (κ3) is 3.84. The van der Waals surface area contributed by atoms with E-state index in [0.29, 0.717) is 11.1 Å². The fraction of sp³-hybridized carbons (Fsp3) is 0.167. The number of halogens is 1. The lowest BCUT2D eigenvalue weighted by Gasteiger charge is -2.05. The standard InChI is InChI=1S/C18H16FNO4/c1-3-24-18(23)13-9-14(17(21)22)15(20-10-13)8-7-12-6-4-5-11(2)16(12)19/h4-10H,3H2,1-2H3,(H,21,22)/b8-7+. The molecule has 2 aromatic rings. The second-order valence-electron chi connectivity index (χ2n) is 4.99. The molecule has 0 spiro atoms. The molecule has 6 heteroatoms. The van der Waals surface area contributed by atoms with E-state index in [0.717, 1.165) is 0 Å². The average molecular weight is 329 g/mol. The Bertz CT molecular complexity index is 815. The predicted molar refractivity (Wildman–Crippen MR) is 87.2 cm³/mol. The molecule has 0 aliphatic carbocycles. The summed E-state index contributed by atoms with van der Waals surface area (Å²) in [6, 6.07) is 6.11. The van der Waals surface area contributed by atoms with Crippen molar-refractivity contribution < 1.29 is 23.8 Å². The number of ether oxygens (including phenoxy) is 1. The van der Waals surface area contributed by atoms with Gasteiger partial charge in [0, 0.05) is 11.8 Å². The van der Waals surface area contributed by atoms with Crippen LogP contribution >= 0.6 is 0 Å². The van der Waals surface area contributed by atoms with Crippen LogP contribution in [0.3, 0.4) is 0 Å². The molecule has 0 amide bonds. The number of hydrogen-bond donors (Lipinski definition) is 1. The topological polar surface area (TPSA) is 76.5 Å². The fourth-order valence-corrected chi connectivity index (χ4v) is 2.07. The zero-order valence-electron chi connectivity index (χ0n) is 13.2. The van der Waals surface area contributed by atoms with Crippen LogP contribution in [0.4, 0.5) is 4.39 Å². The normalized spacial score (nSPS) is 10.8. The van der Waals surface area contributed by atoms with E-state index in [1.165, 1.54) is 24.4 Å². The van der Waals surface area contributed by atoms with Crippen LogP contribution in [0.25, 0.3) is 12.2 Å². The molecule has 0 radical (unpaired) electrons. The minimum absolute atomic E-state index is 0.0492. The van der Waals surface area contributed by atoms with Gasteiger partial charge in [0.25, 0.3) is 0 Å². The van der Waals surface area contributed by atoms with Crippen LogP contribution in [0, 0.1) is 12.7 Å². The van der Waals surface area contributed by atoms with Crippen LogP contribution in [0.1, 0.15) is 44.5 Å². The SMILES string of the molecule is CCOC(=O)c1cnc(/C=C/c2cccc(C)c2F)c(C(=O)O)c1. The Morgan fingerprint density at radius 3 is 2.75 bits per heavy atom. The third-order valence-electron chi connectivity index (χ3n) is 3.30. The summed E-state index contributed by atoms with van der Waals surface area (Å²) in [6.07, 6.45) is 4.08. The van der Waals surface area contributed by atoms with E-state index < -0.39 is 11.9 Å². The van der Waals surface area contributed by atoms with E-state index in [4.69, 9.17) is 4.74 Å². The van der Waals surface area contributed by atoms with E-state index in [9.17, 15) is 19.1 Å². The van der Waals surface area contributed by atoms with Gasteiger partial charge in [-0.15, -0.1) is 0 Å². The summed E-state index contributed by atoms with van der Waals surface area (Å²) in [5, 5.41) is 9.30. The first kappa shape index (κ1) is 17.3. The molecule has 0 aliphatic rings. The van der Waals surface area contributed by atoms with Crippen molar-refractivity contribution in [2.24, 2.45) is 0 Å². The Morgan fingerprint density at radius 1 is 1.33 bits per heavy atom. The summed E-state index contributed by atoms with van der Waals surface area (Å²) in [5.41, 5.74) is 0.818. The summed E-state index contributed by atoms with van der Waals surface area (Å²) >= 11 is 0. The Balaban J connectivity index is 2.39. The van der Waals surface area contributed by atoms with E-state index in [1.54, 1.807) is 32.0 Å². The highest BCUT2D eigenvalue weighted by Crippen LogP contribution is 2.17.